The van der Waals surface area contributed by atoms with Crippen molar-refractivity contribution in [3.8, 4) is 11.5 Å². The monoisotopic (exact) mass is 520 g/mol. The molecule has 0 aliphatic heterocycles. The van der Waals surface area contributed by atoms with Crippen LogP contribution in [-0.2, 0) is 6.61 Å². The molecule has 0 unspecified atom stereocenters. The largest absolute Gasteiger partial charge is 0.490 e. The van der Waals surface area contributed by atoms with E-state index in [0.29, 0.717) is 44.8 Å². The molecule has 0 saturated heterocycles. The molecule has 1 N–H and O–H groups in total. The van der Waals surface area contributed by atoms with Gasteiger partial charge in [0.25, 0.3) is 5.91 Å². The first-order chi connectivity index (χ1) is 15.0. The maximum absolute atomic E-state index is 12.2. The highest BCUT2D eigenvalue weighted by molar-refractivity contribution is 9.10. The lowest BCUT2D eigenvalue weighted by molar-refractivity contribution is 0.0954. The minimum atomic E-state index is -0.310. The van der Waals surface area contributed by atoms with Crippen LogP contribution in [0.3, 0.4) is 0 Å². The molecule has 0 aliphatic rings. The second kappa shape index (κ2) is 11.2. The van der Waals surface area contributed by atoms with E-state index in [0.717, 1.165) is 11.1 Å². The van der Waals surface area contributed by atoms with Gasteiger partial charge in [-0.1, -0.05) is 41.4 Å². The lowest BCUT2D eigenvalue weighted by Crippen LogP contribution is -2.18. The Bertz CT molecular complexity index is 1110. The molecule has 160 valence electrons. The van der Waals surface area contributed by atoms with Crippen LogP contribution < -0.4 is 14.9 Å². The second-order valence-electron chi connectivity index (χ2n) is 6.36. The van der Waals surface area contributed by atoms with Crippen LogP contribution in [0.1, 0.15) is 28.4 Å². The molecule has 3 aromatic rings. The molecule has 0 aromatic heterocycles. The molecule has 0 radical (unpaired) electrons. The number of carbonyl (C=O) groups excluding carboxylic acids is 1. The van der Waals surface area contributed by atoms with Gasteiger partial charge in [-0.25, -0.2) is 5.43 Å². The van der Waals surface area contributed by atoms with E-state index in [-0.39, 0.29) is 5.91 Å². The van der Waals surface area contributed by atoms with Crippen molar-refractivity contribution in [2.24, 2.45) is 5.10 Å². The molecule has 0 bridgehead atoms. The number of hydrogen-bond acceptors (Lipinski definition) is 4. The predicted octanol–water partition coefficient (Wildman–Crippen LogP) is 6.50. The van der Waals surface area contributed by atoms with E-state index in [2.05, 4.69) is 26.5 Å². The molecular formula is C23H19BrCl2N2O3. The summed E-state index contributed by atoms with van der Waals surface area (Å²) in [5.74, 6) is 0.848. The molecule has 0 saturated carbocycles. The first-order valence-electron chi connectivity index (χ1n) is 9.39. The van der Waals surface area contributed by atoms with E-state index in [4.69, 9.17) is 32.7 Å². The minimum absolute atomic E-state index is 0.310. The van der Waals surface area contributed by atoms with Crippen LogP contribution in [0.5, 0.6) is 11.5 Å². The van der Waals surface area contributed by atoms with Gasteiger partial charge in [0.1, 0.15) is 6.61 Å². The Morgan fingerprint density at radius 3 is 2.58 bits per heavy atom. The molecule has 0 spiro atoms. The number of halogens is 3. The van der Waals surface area contributed by atoms with Gasteiger partial charge in [-0.05, 0) is 76.4 Å². The van der Waals surface area contributed by atoms with Gasteiger partial charge in [-0.2, -0.15) is 5.10 Å². The molecule has 0 atom stereocenters. The Balaban J connectivity index is 1.67. The average molecular weight is 522 g/mol. The summed E-state index contributed by atoms with van der Waals surface area (Å²) in [5.41, 5.74) is 4.65. The van der Waals surface area contributed by atoms with Gasteiger partial charge in [-0.3, -0.25) is 4.79 Å². The number of amides is 1. The number of carbonyl (C=O) groups is 1. The van der Waals surface area contributed by atoms with E-state index in [9.17, 15) is 4.79 Å². The quantitative estimate of drug-likeness (QED) is 0.272. The zero-order chi connectivity index (χ0) is 22.2. The van der Waals surface area contributed by atoms with Gasteiger partial charge in [0, 0.05) is 4.47 Å². The summed E-state index contributed by atoms with van der Waals surface area (Å²) < 4.78 is 12.3. The molecule has 5 nitrogen and oxygen atoms in total. The summed E-state index contributed by atoms with van der Waals surface area (Å²) in [5, 5.41) is 5.00. The van der Waals surface area contributed by atoms with Crippen LogP contribution in [0.4, 0.5) is 0 Å². The number of hydrogen-bond donors (Lipinski definition) is 1. The molecule has 0 heterocycles. The van der Waals surface area contributed by atoms with Crippen molar-refractivity contribution in [1.29, 1.82) is 0 Å². The topological polar surface area (TPSA) is 59.9 Å². The lowest BCUT2D eigenvalue weighted by atomic mass is 10.2. The maximum atomic E-state index is 12.2. The summed E-state index contributed by atoms with van der Waals surface area (Å²) in [7, 11) is 0. The highest BCUT2D eigenvalue weighted by Gasteiger charge is 2.09. The average Bonchev–Trinajstić information content (AvgIpc) is 2.76. The summed E-state index contributed by atoms with van der Waals surface area (Å²) >= 11 is 15.4. The number of ether oxygens (including phenoxy) is 2. The van der Waals surface area contributed by atoms with E-state index in [1.165, 1.54) is 0 Å². The summed E-state index contributed by atoms with van der Waals surface area (Å²) in [4.78, 5) is 12.2. The van der Waals surface area contributed by atoms with Crippen molar-refractivity contribution >= 4 is 51.3 Å². The maximum Gasteiger partial charge on any atom is 0.272 e. The molecule has 1 amide bonds. The second-order valence-corrected chi connectivity index (χ2v) is 8.02. The highest BCUT2D eigenvalue weighted by Crippen LogP contribution is 2.30. The van der Waals surface area contributed by atoms with Gasteiger partial charge >= 0.3 is 0 Å². The van der Waals surface area contributed by atoms with Crippen molar-refractivity contribution in [2.45, 2.75) is 13.5 Å². The molecular weight excluding hydrogens is 503 g/mol. The number of hydrazone groups is 1. The third-order valence-electron chi connectivity index (χ3n) is 4.14. The number of benzene rings is 3. The van der Waals surface area contributed by atoms with Crippen LogP contribution in [0.25, 0.3) is 0 Å². The van der Waals surface area contributed by atoms with Crippen molar-refractivity contribution in [1.82, 2.24) is 5.43 Å². The first-order valence-corrected chi connectivity index (χ1v) is 10.9. The third kappa shape index (κ3) is 6.47. The van der Waals surface area contributed by atoms with Crippen molar-refractivity contribution < 1.29 is 14.3 Å². The zero-order valence-electron chi connectivity index (χ0n) is 16.6. The smallest absolute Gasteiger partial charge is 0.272 e. The fourth-order valence-electron chi connectivity index (χ4n) is 2.65. The van der Waals surface area contributed by atoms with Crippen LogP contribution in [0, 0.1) is 0 Å². The Hall–Kier alpha value is -2.54. The number of rotatable bonds is 8. The van der Waals surface area contributed by atoms with Crippen LogP contribution in [0.15, 0.2) is 70.2 Å². The Morgan fingerprint density at radius 2 is 1.84 bits per heavy atom. The lowest BCUT2D eigenvalue weighted by Gasteiger charge is -2.13. The standard InChI is InChI=1S/C23H19BrCl2N2O3/c1-2-30-22-12-15(13-27-28-23(29)17-5-3-4-6-18(17)24)8-10-21(22)31-14-16-7-9-19(25)20(26)11-16/h3-13H,2,14H2,1H3,(H,28,29)/b27-13-. The number of nitrogens with one attached hydrogen (secondary N) is 1. The Labute approximate surface area is 199 Å². The van der Waals surface area contributed by atoms with Crippen LogP contribution >= 0.6 is 39.1 Å². The Morgan fingerprint density at radius 1 is 1.03 bits per heavy atom. The fourth-order valence-corrected chi connectivity index (χ4v) is 3.44. The molecule has 3 rings (SSSR count). The molecule has 8 heteroatoms. The van der Waals surface area contributed by atoms with Gasteiger partial charge in [-0.15, -0.1) is 0 Å². The highest BCUT2D eigenvalue weighted by atomic mass is 79.9. The van der Waals surface area contributed by atoms with E-state index in [1.807, 2.05) is 25.1 Å². The SMILES string of the molecule is CCOc1cc(/C=N\NC(=O)c2ccccc2Br)ccc1OCc1ccc(Cl)c(Cl)c1. The fraction of sp³-hybridized carbons (Fsp3) is 0.130. The van der Waals surface area contributed by atoms with Crippen LogP contribution in [0.2, 0.25) is 10.0 Å². The summed E-state index contributed by atoms with van der Waals surface area (Å²) in [6.45, 7) is 2.68. The minimum Gasteiger partial charge on any atom is -0.490 e. The zero-order valence-corrected chi connectivity index (χ0v) is 19.7. The van der Waals surface area contributed by atoms with Crippen molar-refractivity contribution in [2.75, 3.05) is 6.61 Å². The van der Waals surface area contributed by atoms with Crippen LogP contribution in [-0.4, -0.2) is 18.7 Å². The van der Waals surface area contributed by atoms with Crippen molar-refractivity contribution in [3.05, 3.63) is 91.9 Å². The van der Waals surface area contributed by atoms with Gasteiger partial charge in [0.05, 0.1) is 28.4 Å². The summed E-state index contributed by atoms with van der Waals surface area (Å²) in [6, 6.07) is 17.9. The molecule has 3 aromatic carbocycles. The molecule has 0 aliphatic carbocycles. The van der Waals surface area contributed by atoms with Gasteiger partial charge < -0.3 is 9.47 Å². The third-order valence-corrected chi connectivity index (χ3v) is 5.57. The van der Waals surface area contributed by atoms with E-state index < -0.39 is 0 Å². The first kappa shape index (κ1) is 23.1. The van der Waals surface area contributed by atoms with Crippen molar-refractivity contribution in [3.63, 3.8) is 0 Å². The summed E-state index contributed by atoms with van der Waals surface area (Å²) in [6.07, 6.45) is 1.54. The van der Waals surface area contributed by atoms with E-state index >= 15 is 0 Å². The Kier molecular flexibility index (Phi) is 8.35. The molecule has 31 heavy (non-hydrogen) atoms. The van der Waals surface area contributed by atoms with Gasteiger partial charge in [0.15, 0.2) is 11.5 Å². The number of nitrogens with zero attached hydrogens (tertiary/aromatic N) is 1. The van der Waals surface area contributed by atoms with Gasteiger partial charge in [0.2, 0.25) is 0 Å². The molecule has 0 fully saturated rings. The normalized spacial score (nSPS) is 10.8. The predicted molar refractivity (Wildman–Crippen MR) is 128 cm³/mol. The van der Waals surface area contributed by atoms with E-state index in [1.54, 1.807) is 48.7 Å².